The van der Waals surface area contributed by atoms with Crippen molar-refractivity contribution in [3.63, 3.8) is 0 Å². The quantitative estimate of drug-likeness (QED) is 0.611. The molecule has 1 aliphatic carbocycles. The molecule has 0 bridgehead atoms. The van der Waals surface area contributed by atoms with Gasteiger partial charge in [0.15, 0.2) is 0 Å². The Hall–Kier alpha value is 0.0800. The third-order valence-electron chi connectivity index (χ3n) is 2.89. The van der Waals surface area contributed by atoms with Crippen LogP contribution < -0.4 is 0 Å². The maximum absolute atomic E-state index is 12.4. The SMILES string of the molecule is CCC1(C(F)(F)F)CC1CCCl. The fourth-order valence-electron chi connectivity index (χ4n) is 1.87. The van der Waals surface area contributed by atoms with Crippen molar-refractivity contribution in [1.29, 1.82) is 0 Å². The van der Waals surface area contributed by atoms with Gasteiger partial charge >= 0.3 is 6.18 Å². The largest absolute Gasteiger partial charge is 0.394 e. The maximum atomic E-state index is 12.4. The molecule has 2 unspecified atom stereocenters. The number of rotatable bonds is 3. The normalized spacial score (nSPS) is 35.2. The van der Waals surface area contributed by atoms with Crippen molar-refractivity contribution >= 4 is 11.6 Å². The van der Waals surface area contributed by atoms with E-state index < -0.39 is 11.6 Å². The second kappa shape index (κ2) is 3.09. The van der Waals surface area contributed by atoms with Crippen LogP contribution in [0.2, 0.25) is 0 Å². The lowest BCUT2D eigenvalue weighted by molar-refractivity contribution is -0.192. The summed E-state index contributed by atoms with van der Waals surface area (Å²) in [6.45, 7) is 1.60. The van der Waals surface area contributed by atoms with Gasteiger partial charge in [0.25, 0.3) is 0 Å². The van der Waals surface area contributed by atoms with E-state index >= 15 is 0 Å². The molecule has 0 amide bonds. The summed E-state index contributed by atoms with van der Waals surface area (Å²) in [7, 11) is 0. The number of halogens is 4. The first-order valence-electron chi connectivity index (χ1n) is 4.10. The molecule has 0 spiro atoms. The average Bonchev–Trinajstić information content (AvgIpc) is 2.63. The van der Waals surface area contributed by atoms with Crippen molar-refractivity contribution in [2.75, 3.05) is 5.88 Å². The fraction of sp³-hybridized carbons (Fsp3) is 1.00. The van der Waals surface area contributed by atoms with E-state index in [4.69, 9.17) is 11.6 Å². The van der Waals surface area contributed by atoms with Crippen LogP contribution in [-0.4, -0.2) is 12.1 Å². The molecule has 12 heavy (non-hydrogen) atoms. The molecule has 0 radical (unpaired) electrons. The molecule has 0 nitrogen and oxygen atoms in total. The summed E-state index contributed by atoms with van der Waals surface area (Å²) in [5.41, 5.74) is -1.39. The van der Waals surface area contributed by atoms with Crippen molar-refractivity contribution in [2.45, 2.75) is 32.4 Å². The van der Waals surface area contributed by atoms with Crippen molar-refractivity contribution < 1.29 is 13.2 Å². The van der Waals surface area contributed by atoms with E-state index in [0.717, 1.165) is 0 Å². The zero-order valence-electron chi connectivity index (χ0n) is 6.92. The molecule has 72 valence electrons. The molecule has 1 saturated carbocycles. The lowest BCUT2D eigenvalue weighted by atomic mass is 9.98. The van der Waals surface area contributed by atoms with Crippen LogP contribution in [0, 0.1) is 11.3 Å². The Bertz CT molecular complexity index is 166. The van der Waals surface area contributed by atoms with Gasteiger partial charge < -0.3 is 0 Å². The van der Waals surface area contributed by atoms with Crippen LogP contribution in [0.5, 0.6) is 0 Å². The molecular weight excluding hydrogens is 189 g/mol. The summed E-state index contributed by atoms with van der Waals surface area (Å²) >= 11 is 5.40. The highest BCUT2D eigenvalue weighted by atomic mass is 35.5. The third-order valence-corrected chi connectivity index (χ3v) is 3.10. The van der Waals surface area contributed by atoms with Gasteiger partial charge in [-0.1, -0.05) is 6.92 Å². The van der Waals surface area contributed by atoms with Gasteiger partial charge in [-0.05, 0) is 25.2 Å². The van der Waals surface area contributed by atoms with E-state index in [-0.39, 0.29) is 18.8 Å². The second-order valence-corrected chi connectivity index (χ2v) is 3.76. The minimum Gasteiger partial charge on any atom is -0.170 e. The molecule has 2 atom stereocenters. The summed E-state index contributed by atoms with van der Waals surface area (Å²) in [4.78, 5) is 0. The van der Waals surface area contributed by atoms with Crippen LogP contribution in [0.25, 0.3) is 0 Å². The van der Waals surface area contributed by atoms with Gasteiger partial charge in [0.1, 0.15) is 0 Å². The van der Waals surface area contributed by atoms with E-state index in [1.165, 1.54) is 0 Å². The minimum absolute atomic E-state index is 0.193. The number of alkyl halides is 4. The molecule has 0 saturated heterocycles. The predicted octanol–water partition coefficient (Wildman–Crippen LogP) is 3.59. The smallest absolute Gasteiger partial charge is 0.170 e. The lowest BCUT2D eigenvalue weighted by Crippen LogP contribution is -2.26. The molecular formula is C8H12ClF3. The first kappa shape index (κ1) is 10.2. The Balaban J connectivity index is 2.59. The molecule has 1 aliphatic rings. The molecule has 0 aromatic heterocycles. The van der Waals surface area contributed by atoms with Crippen LogP contribution in [0.15, 0.2) is 0 Å². The lowest BCUT2D eigenvalue weighted by Gasteiger charge is -2.18. The van der Waals surface area contributed by atoms with Crippen LogP contribution in [-0.2, 0) is 0 Å². The highest BCUT2D eigenvalue weighted by Gasteiger charge is 2.68. The zero-order valence-corrected chi connectivity index (χ0v) is 7.67. The van der Waals surface area contributed by atoms with Gasteiger partial charge in [0.05, 0.1) is 5.41 Å². The molecule has 4 heteroatoms. The van der Waals surface area contributed by atoms with Gasteiger partial charge in [0, 0.05) is 5.88 Å². The summed E-state index contributed by atoms with van der Waals surface area (Å²) in [5.74, 6) is 0.114. The number of hydrogen-bond donors (Lipinski definition) is 0. The molecule has 0 aliphatic heterocycles. The van der Waals surface area contributed by atoms with Gasteiger partial charge in [-0.3, -0.25) is 0 Å². The number of hydrogen-bond acceptors (Lipinski definition) is 0. The molecule has 0 aromatic rings. The van der Waals surface area contributed by atoms with Crippen LogP contribution in [0.1, 0.15) is 26.2 Å². The van der Waals surface area contributed by atoms with Crippen molar-refractivity contribution in [3.8, 4) is 0 Å². The Labute approximate surface area is 75.1 Å². The fourth-order valence-corrected chi connectivity index (χ4v) is 2.13. The summed E-state index contributed by atoms with van der Waals surface area (Å²) in [6, 6.07) is 0. The van der Waals surface area contributed by atoms with Crippen molar-refractivity contribution in [3.05, 3.63) is 0 Å². The highest BCUT2D eigenvalue weighted by Crippen LogP contribution is 2.65. The molecule has 1 rings (SSSR count). The van der Waals surface area contributed by atoms with Crippen molar-refractivity contribution in [1.82, 2.24) is 0 Å². The Kier molecular flexibility index (Phi) is 2.62. The van der Waals surface area contributed by atoms with E-state index in [1.807, 2.05) is 0 Å². The predicted molar refractivity (Wildman–Crippen MR) is 42.2 cm³/mol. The van der Waals surface area contributed by atoms with E-state index in [9.17, 15) is 13.2 Å². The zero-order chi connectivity index (χ0) is 9.41. The van der Waals surface area contributed by atoms with E-state index in [1.54, 1.807) is 6.92 Å². The van der Waals surface area contributed by atoms with Gasteiger partial charge in [-0.2, -0.15) is 13.2 Å². The average molecular weight is 201 g/mol. The molecule has 0 heterocycles. The first-order valence-corrected chi connectivity index (χ1v) is 4.64. The van der Waals surface area contributed by atoms with Gasteiger partial charge in [0.2, 0.25) is 0 Å². The van der Waals surface area contributed by atoms with Gasteiger partial charge in [-0.25, -0.2) is 0 Å². The summed E-state index contributed by atoms with van der Waals surface area (Å²) in [6.07, 6.45) is -3.06. The molecule has 0 aromatic carbocycles. The van der Waals surface area contributed by atoms with E-state index in [2.05, 4.69) is 0 Å². The monoisotopic (exact) mass is 200 g/mol. The van der Waals surface area contributed by atoms with Crippen molar-refractivity contribution in [2.24, 2.45) is 11.3 Å². The Morgan fingerprint density at radius 1 is 1.50 bits per heavy atom. The van der Waals surface area contributed by atoms with Crippen LogP contribution >= 0.6 is 11.6 Å². The topological polar surface area (TPSA) is 0 Å². The minimum atomic E-state index is -4.03. The summed E-state index contributed by atoms with van der Waals surface area (Å²) < 4.78 is 37.3. The highest BCUT2D eigenvalue weighted by molar-refractivity contribution is 6.17. The van der Waals surface area contributed by atoms with Crippen LogP contribution in [0.4, 0.5) is 13.2 Å². The standard InChI is InChI=1S/C8H12ClF3/c1-2-7(8(10,11)12)5-6(7)3-4-9/h6H,2-5H2,1H3. The van der Waals surface area contributed by atoms with Gasteiger partial charge in [-0.15, -0.1) is 11.6 Å². The maximum Gasteiger partial charge on any atom is 0.394 e. The third kappa shape index (κ3) is 1.43. The Morgan fingerprint density at radius 3 is 2.33 bits per heavy atom. The van der Waals surface area contributed by atoms with Crippen LogP contribution in [0.3, 0.4) is 0 Å². The first-order chi connectivity index (χ1) is 5.48. The molecule has 1 fully saturated rings. The molecule has 0 N–H and O–H groups in total. The Morgan fingerprint density at radius 2 is 2.08 bits per heavy atom. The summed E-state index contributed by atoms with van der Waals surface area (Å²) in [5, 5.41) is 0. The second-order valence-electron chi connectivity index (χ2n) is 3.39. The van der Waals surface area contributed by atoms with E-state index in [0.29, 0.717) is 12.3 Å².